The van der Waals surface area contributed by atoms with Gasteiger partial charge in [-0.05, 0) is 45.3 Å². The lowest BCUT2D eigenvalue weighted by molar-refractivity contribution is -0.662. The fourth-order valence-electron chi connectivity index (χ4n) is 3.91. The van der Waals surface area contributed by atoms with Gasteiger partial charge in [0.15, 0.2) is 5.69 Å². The minimum absolute atomic E-state index is 0.0143. The van der Waals surface area contributed by atoms with Crippen LogP contribution in [0, 0.1) is 6.92 Å². The predicted octanol–water partition coefficient (Wildman–Crippen LogP) is 6.57. The zero-order valence-electron chi connectivity index (χ0n) is 17.0. The number of nitrogens with zero attached hydrogens (tertiary/aromatic N) is 2. The van der Waals surface area contributed by atoms with E-state index in [1.54, 1.807) is 0 Å². The molecule has 0 saturated heterocycles. The lowest BCUT2D eigenvalue weighted by atomic mass is 9.80. The van der Waals surface area contributed by atoms with E-state index in [9.17, 15) is 13.2 Å². The summed E-state index contributed by atoms with van der Waals surface area (Å²) in [6.45, 7) is 8.50. The van der Waals surface area contributed by atoms with Gasteiger partial charge in [-0.15, -0.1) is 11.3 Å². The Kier molecular flexibility index (Phi) is 4.46. The van der Waals surface area contributed by atoms with Crippen LogP contribution < -0.4 is 4.57 Å². The number of aromatic nitrogens is 2. The van der Waals surface area contributed by atoms with Crippen molar-refractivity contribution >= 4 is 32.3 Å². The van der Waals surface area contributed by atoms with Crippen molar-refractivity contribution in [2.75, 3.05) is 0 Å². The van der Waals surface area contributed by atoms with Gasteiger partial charge in [-0.25, -0.2) is 4.57 Å². The molecule has 0 N–H and O–H groups in total. The van der Waals surface area contributed by atoms with Crippen LogP contribution in [0.5, 0.6) is 0 Å². The van der Waals surface area contributed by atoms with Crippen molar-refractivity contribution in [1.82, 2.24) is 4.98 Å². The molecule has 0 spiro atoms. The zero-order chi connectivity index (χ0) is 21.1. The van der Waals surface area contributed by atoms with Crippen LogP contribution >= 0.6 is 11.3 Å². The molecule has 2 nitrogen and oxygen atoms in total. The molecule has 0 saturated carbocycles. The number of alkyl halides is 3. The maximum absolute atomic E-state index is 13.5. The first-order valence-corrected chi connectivity index (χ1v) is 10.2. The van der Waals surface area contributed by atoms with Crippen LogP contribution in [0.2, 0.25) is 0 Å². The number of thiophene rings is 1. The van der Waals surface area contributed by atoms with Crippen LogP contribution in [0.3, 0.4) is 0 Å². The summed E-state index contributed by atoms with van der Waals surface area (Å²) in [5.41, 5.74) is 3.17. The van der Waals surface area contributed by atoms with Crippen molar-refractivity contribution in [2.45, 2.75) is 39.3 Å². The van der Waals surface area contributed by atoms with Gasteiger partial charge in [-0.1, -0.05) is 45.0 Å². The van der Waals surface area contributed by atoms with E-state index in [1.165, 1.54) is 22.7 Å². The van der Waals surface area contributed by atoms with E-state index in [0.29, 0.717) is 4.70 Å². The lowest BCUT2D eigenvalue weighted by Gasteiger charge is -2.24. The molecule has 0 aliphatic rings. The fraction of sp³-hybridized carbons (Fsp3) is 0.304. The summed E-state index contributed by atoms with van der Waals surface area (Å²) in [6, 6.07) is 10.4. The van der Waals surface area contributed by atoms with Crippen molar-refractivity contribution in [3.05, 3.63) is 58.7 Å². The first kappa shape index (κ1) is 19.8. The van der Waals surface area contributed by atoms with Gasteiger partial charge in [-0.3, -0.25) is 0 Å². The van der Waals surface area contributed by atoms with Crippen LogP contribution in [0.4, 0.5) is 13.2 Å². The van der Waals surface area contributed by atoms with Gasteiger partial charge in [-0.2, -0.15) is 13.2 Å². The summed E-state index contributed by atoms with van der Waals surface area (Å²) in [4.78, 5) is 4.11. The van der Waals surface area contributed by atoms with Crippen molar-refractivity contribution in [1.29, 1.82) is 0 Å². The minimum atomic E-state index is -4.42. The molecule has 0 aliphatic heterocycles. The molecule has 4 rings (SSSR count). The Bertz CT molecular complexity index is 1250. The number of hydrogen-bond donors (Lipinski definition) is 0. The van der Waals surface area contributed by atoms with Crippen LogP contribution in [-0.4, -0.2) is 4.98 Å². The molecule has 6 heteroatoms. The molecule has 150 valence electrons. The highest BCUT2D eigenvalue weighted by molar-refractivity contribution is 7.17. The number of rotatable bonds is 1. The first-order valence-electron chi connectivity index (χ1n) is 9.36. The third-order valence-corrected chi connectivity index (χ3v) is 6.35. The Morgan fingerprint density at radius 2 is 1.66 bits per heavy atom. The SMILES string of the molecule is Cc1c(-c2c3scc(C(F)(F)F)c3nc[n+]2C)cc(C(C)(C)C)c2ccccc12. The van der Waals surface area contributed by atoms with E-state index in [0.717, 1.165) is 33.5 Å². The summed E-state index contributed by atoms with van der Waals surface area (Å²) in [5, 5.41) is 3.46. The molecule has 0 aliphatic carbocycles. The molecular formula is C23H22F3N2S+. The second-order valence-electron chi connectivity index (χ2n) is 8.42. The van der Waals surface area contributed by atoms with E-state index in [1.807, 2.05) is 30.7 Å². The summed E-state index contributed by atoms with van der Waals surface area (Å²) >= 11 is 1.10. The summed E-state index contributed by atoms with van der Waals surface area (Å²) < 4.78 is 42.7. The molecule has 2 aromatic heterocycles. The zero-order valence-corrected chi connectivity index (χ0v) is 17.8. The topological polar surface area (TPSA) is 16.8 Å². The van der Waals surface area contributed by atoms with E-state index in [-0.39, 0.29) is 10.9 Å². The highest BCUT2D eigenvalue weighted by Gasteiger charge is 2.38. The normalized spacial score (nSPS) is 12.8. The van der Waals surface area contributed by atoms with Gasteiger partial charge in [0.2, 0.25) is 5.52 Å². The summed E-state index contributed by atoms with van der Waals surface area (Å²) in [7, 11) is 1.83. The molecule has 0 radical (unpaired) electrons. The smallest absolute Gasteiger partial charge is 0.231 e. The number of halogens is 3. The van der Waals surface area contributed by atoms with Crippen LogP contribution in [0.1, 0.15) is 37.5 Å². The highest BCUT2D eigenvalue weighted by Crippen LogP contribution is 2.42. The van der Waals surface area contributed by atoms with Gasteiger partial charge < -0.3 is 0 Å². The molecule has 2 aromatic carbocycles. The quantitative estimate of drug-likeness (QED) is 0.322. The largest absolute Gasteiger partial charge is 0.421 e. The second-order valence-corrected chi connectivity index (χ2v) is 9.30. The minimum Gasteiger partial charge on any atom is -0.231 e. The Hall–Kier alpha value is -2.47. The number of benzene rings is 2. The van der Waals surface area contributed by atoms with Gasteiger partial charge in [0, 0.05) is 10.9 Å². The standard InChI is InChI=1S/C23H22F3N2S/c1-13-14-8-6-7-9-15(14)17(22(2,3)4)10-16(13)20-21-19(27-12-28(20)5)18(11-29-21)23(24,25)26/h6-12H,1-5H3/q+1. The average Bonchev–Trinajstić information content (AvgIpc) is 3.06. The lowest BCUT2D eigenvalue weighted by Crippen LogP contribution is -2.32. The first-order chi connectivity index (χ1) is 13.5. The molecule has 4 aromatic rings. The van der Waals surface area contributed by atoms with E-state index in [4.69, 9.17) is 0 Å². The maximum atomic E-state index is 13.5. The summed E-state index contributed by atoms with van der Waals surface area (Å²) in [6.07, 6.45) is -2.94. The number of fused-ring (bicyclic) bond motifs is 2. The Morgan fingerprint density at radius 3 is 2.28 bits per heavy atom. The molecular weight excluding hydrogens is 393 g/mol. The summed E-state index contributed by atoms with van der Waals surface area (Å²) in [5.74, 6) is 0. The van der Waals surface area contributed by atoms with Gasteiger partial charge in [0.25, 0.3) is 6.33 Å². The van der Waals surface area contributed by atoms with Gasteiger partial charge in [0.05, 0.1) is 7.05 Å². The second kappa shape index (κ2) is 6.52. The van der Waals surface area contributed by atoms with E-state index in [2.05, 4.69) is 44.0 Å². The molecule has 29 heavy (non-hydrogen) atoms. The highest BCUT2D eigenvalue weighted by atomic mass is 32.1. The molecule has 0 atom stereocenters. The monoisotopic (exact) mass is 415 g/mol. The number of aryl methyl sites for hydroxylation is 2. The predicted molar refractivity (Wildman–Crippen MR) is 112 cm³/mol. The Balaban J connectivity index is 2.13. The van der Waals surface area contributed by atoms with E-state index < -0.39 is 11.7 Å². The molecule has 0 unspecified atom stereocenters. The molecule has 0 amide bonds. The average molecular weight is 416 g/mol. The Labute approximate surface area is 171 Å². The van der Waals surface area contributed by atoms with Crippen LogP contribution in [0.15, 0.2) is 42.0 Å². The molecule has 0 fully saturated rings. The number of hydrogen-bond acceptors (Lipinski definition) is 2. The van der Waals surface area contributed by atoms with Crippen molar-refractivity contribution in [2.24, 2.45) is 7.05 Å². The van der Waals surface area contributed by atoms with Crippen LogP contribution in [-0.2, 0) is 18.6 Å². The van der Waals surface area contributed by atoms with Crippen molar-refractivity contribution in [3.63, 3.8) is 0 Å². The third kappa shape index (κ3) is 3.19. The Morgan fingerprint density at radius 1 is 1.00 bits per heavy atom. The van der Waals surface area contributed by atoms with Crippen LogP contribution in [0.25, 0.3) is 32.2 Å². The molecule has 2 heterocycles. The maximum Gasteiger partial charge on any atom is 0.421 e. The van der Waals surface area contributed by atoms with Crippen molar-refractivity contribution < 1.29 is 17.7 Å². The van der Waals surface area contributed by atoms with Gasteiger partial charge in [0.1, 0.15) is 10.3 Å². The van der Waals surface area contributed by atoms with Crippen molar-refractivity contribution in [3.8, 4) is 11.3 Å². The van der Waals surface area contributed by atoms with Gasteiger partial charge >= 0.3 is 6.18 Å². The molecule has 0 bridgehead atoms. The third-order valence-electron chi connectivity index (χ3n) is 5.38. The fourth-order valence-corrected chi connectivity index (χ4v) is 5.03. The van der Waals surface area contributed by atoms with E-state index >= 15 is 0 Å².